The van der Waals surface area contributed by atoms with Crippen LogP contribution in [0, 0.1) is 0 Å². The van der Waals surface area contributed by atoms with E-state index in [1.54, 1.807) is 26.0 Å². The minimum absolute atomic E-state index is 0.00432. The van der Waals surface area contributed by atoms with Gasteiger partial charge in [0.1, 0.15) is 16.9 Å². The SMILES string of the molecule is COc1ccc(C2Sc3ccccc3C(=O)N2c2ccc(OC)cc2)cc1. The molecule has 0 N–H and O–H groups in total. The van der Waals surface area contributed by atoms with Crippen molar-refractivity contribution in [2.75, 3.05) is 19.1 Å². The average molecular weight is 377 g/mol. The zero-order chi connectivity index (χ0) is 18.8. The normalized spacial score (nSPS) is 16.0. The number of benzene rings is 3. The maximum atomic E-state index is 13.3. The van der Waals surface area contributed by atoms with Crippen molar-refractivity contribution >= 4 is 23.4 Å². The van der Waals surface area contributed by atoms with E-state index in [4.69, 9.17) is 9.47 Å². The Morgan fingerprint density at radius 2 is 1.41 bits per heavy atom. The van der Waals surface area contributed by atoms with Crippen LogP contribution in [-0.2, 0) is 0 Å². The molecule has 5 heteroatoms. The molecule has 1 aliphatic rings. The first-order valence-corrected chi connectivity index (χ1v) is 9.46. The number of hydrogen-bond acceptors (Lipinski definition) is 4. The van der Waals surface area contributed by atoms with Crippen LogP contribution >= 0.6 is 11.8 Å². The van der Waals surface area contributed by atoms with Gasteiger partial charge in [-0.2, -0.15) is 0 Å². The highest BCUT2D eigenvalue weighted by Crippen LogP contribution is 2.47. The Morgan fingerprint density at radius 3 is 2.04 bits per heavy atom. The molecule has 0 radical (unpaired) electrons. The molecular formula is C22H19NO3S. The summed E-state index contributed by atoms with van der Waals surface area (Å²) in [6.45, 7) is 0. The minimum atomic E-state index is -0.160. The molecule has 0 aromatic heterocycles. The molecule has 1 unspecified atom stereocenters. The van der Waals surface area contributed by atoms with Crippen LogP contribution in [0.5, 0.6) is 11.5 Å². The van der Waals surface area contributed by atoms with Gasteiger partial charge in [-0.1, -0.05) is 36.0 Å². The summed E-state index contributed by atoms with van der Waals surface area (Å²) in [6, 6.07) is 23.2. The standard InChI is InChI=1S/C22H19NO3S/c1-25-17-11-7-15(8-12-17)22-23(16-9-13-18(26-2)14-10-16)21(24)19-5-3-4-6-20(19)27-22/h3-14,22H,1-2H3. The summed E-state index contributed by atoms with van der Waals surface area (Å²) in [4.78, 5) is 16.2. The predicted molar refractivity (Wildman–Crippen MR) is 108 cm³/mol. The zero-order valence-corrected chi connectivity index (χ0v) is 15.9. The Labute approximate surface area is 162 Å². The van der Waals surface area contributed by atoms with E-state index in [-0.39, 0.29) is 11.3 Å². The lowest BCUT2D eigenvalue weighted by molar-refractivity contribution is 0.0979. The maximum Gasteiger partial charge on any atom is 0.260 e. The molecule has 4 rings (SSSR count). The van der Waals surface area contributed by atoms with Crippen LogP contribution in [0.1, 0.15) is 21.3 Å². The van der Waals surface area contributed by atoms with Crippen LogP contribution in [0.25, 0.3) is 0 Å². The van der Waals surface area contributed by atoms with E-state index in [1.165, 1.54) is 0 Å². The molecule has 1 atom stereocenters. The van der Waals surface area contributed by atoms with Gasteiger partial charge in [0, 0.05) is 10.6 Å². The molecule has 0 fully saturated rings. The quantitative estimate of drug-likeness (QED) is 0.630. The summed E-state index contributed by atoms with van der Waals surface area (Å²) < 4.78 is 10.5. The van der Waals surface area contributed by atoms with Gasteiger partial charge >= 0.3 is 0 Å². The Hall–Kier alpha value is -2.92. The van der Waals surface area contributed by atoms with E-state index in [9.17, 15) is 4.79 Å². The lowest BCUT2D eigenvalue weighted by atomic mass is 10.1. The van der Waals surface area contributed by atoms with Crippen molar-refractivity contribution in [3.8, 4) is 11.5 Å². The van der Waals surface area contributed by atoms with Gasteiger partial charge in [-0.25, -0.2) is 0 Å². The second-order valence-electron chi connectivity index (χ2n) is 6.11. The van der Waals surface area contributed by atoms with E-state index in [0.29, 0.717) is 0 Å². The third-order valence-electron chi connectivity index (χ3n) is 4.56. The molecule has 27 heavy (non-hydrogen) atoms. The van der Waals surface area contributed by atoms with E-state index >= 15 is 0 Å². The number of anilines is 1. The lowest BCUT2D eigenvalue weighted by Gasteiger charge is -2.36. The fourth-order valence-electron chi connectivity index (χ4n) is 3.14. The van der Waals surface area contributed by atoms with Crippen molar-refractivity contribution in [1.82, 2.24) is 0 Å². The van der Waals surface area contributed by atoms with Gasteiger partial charge in [0.05, 0.1) is 19.8 Å². The third kappa shape index (κ3) is 3.26. The summed E-state index contributed by atoms with van der Waals surface area (Å²) in [6.07, 6.45) is 0. The van der Waals surface area contributed by atoms with Crippen molar-refractivity contribution in [2.45, 2.75) is 10.3 Å². The van der Waals surface area contributed by atoms with Crippen molar-refractivity contribution in [2.24, 2.45) is 0 Å². The van der Waals surface area contributed by atoms with Gasteiger partial charge in [0.2, 0.25) is 0 Å². The lowest BCUT2D eigenvalue weighted by Crippen LogP contribution is -2.36. The van der Waals surface area contributed by atoms with Gasteiger partial charge in [-0.05, 0) is 54.1 Å². The number of ether oxygens (including phenoxy) is 2. The largest absolute Gasteiger partial charge is 0.497 e. The maximum absolute atomic E-state index is 13.3. The fraction of sp³-hybridized carbons (Fsp3) is 0.136. The van der Waals surface area contributed by atoms with Crippen LogP contribution in [0.4, 0.5) is 5.69 Å². The predicted octanol–water partition coefficient (Wildman–Crippen LogP) is 5.16. The second-order valence-corrected chi connectivity index (χ2v) is 7.23. The Balaban J connectivity index is 1.80. The second kappa shape index (κ2) is 7.37. The minimum Gasteiger partial charge on any atom is -0.497 e. The number of methoxy groups -OCH3 is 2. The first kappa shape index (κ1) is 17.5. The van der Waals surface area contributed by atoms with Crippen LogP contribution in [0.2, 0.25) is 0 Å². The Bertz CT molecular complexity index is 954. The number of carbonyl (C=O) groups excluding carboxylic acids is 1. The summed E-state index contributed by atoms with van der Waals surface area (Å²) in [5, 5.41) is -0.160. The van der Waals surface area contributed by atoms with E-state index in [1.807, 2.05) is 77.7 Å². The van der Waals surface area contributed by atoms with Gasteiger partial charge in [0.25, 0.3) is 5.91 Å². The number of nitrogens with zero attached hydrogens (tertiary/aromatic N) is 1. The molecule has 0 aliphatic carbocycles. The molecule has 1 aliphatic heterocycles. The molecule has 0 spiro atoms. The molecule has 1 amide bonds. The van der Waals surface area contributed by atoms with Crippen LogP contribution < -0.4 is 14.4 Å². The summed E-state index contributed by atoms with van der Waals surface area (Å²) in [5.41, 5.74) is 2.60. The van der Waals surface area contributed by atoms with Crippen LogP contribution in [-0.4, -0.2) is 20.1 Å². The first-order chi connectivity index (χ1) is 13.2. The van der Waals surface area contributed by atoms with Crippen molar-refractivity contribution in [3.05, 3.63) is 83.9 Å². The summed E-state index contributed by atoms with van der Waals surface area (Å²) >= 11 is 1.67. The van der Waals surface area contributed by atoms with Gasteiger partial charge < -0.3 is 9.47 Å². The third-order valence-corrected chi connectivity index (χ3v) is 5.88. The number of carbonyl (C=O) groups is 1. The highest BCUT2D eigenvalue weighted by atomic mass is 32.2. The molecule has 1 heterocycles. The molecule has 3 aromatic carbocycles. The highest BCUT2D eigenvalue weighted by Gasteiger charge is 2.35. The fourth-order valence-corrected chi connectivity index (χ4v) is 4.43. The van der Waals surface area contributed by atoms with Gasteiger partial charge in [-0.3, -0.25) is 9.69 Å². The van der Waals surface area contributed by atoms with Crippen LogP contribution in [0.15, 0.2) is 77.7 Å². The van der Waals surface area contributed by atoms with Crippen LogP contribution in [0.3, 0.4) is 0 Å². The summed E-state index contributed by atoms with van der Waals surface area (Å²) in [5.74, 6) is 1.55. The van der Waals surface area contributed by atoms with E-state index in [0.717, 1.165) is 33.2 Å². The van der Waals surface area contributed by atoms with Gasteiger partial charge in [0.15, 0.2) is 0 Å². The highest BCUT2D eigenvalue weighted by molar-refractivity contribution is 7.99. The Morgan fingerprint density at radius 1 is 0.815 bits per heavy atom. The molecule has 0 saturated carbocycles. The molecule has 4 nitrogen and oxygen atoms in total. The topological polar surface area (TPSA) is 38.8 Å². The number of hydrogen-bond donors (Lipinski definition) is 0. The zero-order valence-electron chi connectivity index (χ0n) is 15.1. The smallest absolute Gasteiger partial charge is 0.260 e. The molecule has 0 bridgehead atoms. The summed E-state index contributed by atoms with van der Waals surface area (Å²) in [7, 11) is 3.28. The number of fused-ring (bicyclic) bond motifs is 1. The molecule has 0 saturated heterocycles. The van der Waals surface area contributed by atoms with E-state index < -0.39 is 0 Å². The molecule has 3 aromatic rings. The number of amides is 1. The number of thioether (sulfide) groups is 1. The van der Waals surface area contributed by atoms with Crippen molar-refractivity contribution < 1.29 is 14.3 Å². The number of rotatable bonds is 4. The van der Waals surface area contributed by atoms with Gasteiger partial charge in [-0.15, -0.1) is 0 Å². The van der Waals surface area contributed by atoms with Crippen molar-refractivity contribution in [3.63, 3.8) is 0 Å². The van der Waals surface area contributed by atoms with E-state index in [2.05, 4.69) is 0 Å². The molecule has 136 valence electrons. The Kier molecular flexibility index (Phi) is 4.77. The monoisotopic (exact) mass is 377 g/mol. The van der Waals surface area contributed by atoms with Crippen molar-refractivity contribution in [1.29, 1.82) is 0 Å². The molecular weight excluding hydrogens is 358 g/mol. The average Bonchev–Trinajstić information content (AvgIpc) is 2.74. The first-order valence-electron chi connectivity index (χ1n) is 8.58.